The van der Waals surface area contributed by atoms with E-state index in [2.05, 4.69) is 4.98 Å². The van der Waals surface area contributed by atoms with Gasteiger partial charge in [0.2, 0.25) is 5.88 Å². The normalized spacial score (nSPS) is 10.1. The molecular weight excluding hydrogens is 320 g/mol. The summed E-state index contributed by atoms with van der Waals surface area (Å²) < 4.78 is 5.27. The number of amides is 1. The zero-order valence-corrected chi connectivity index (χ0v) is 13.1. The van der Waals surface area contributed by atoms with Gasteiger partial charge in [-0.2, -0.15) is 0 Å². The first-order valence-electron chi connectivity index (χ1n) is 7.47. The minimum Gasteiger partial charge on any atom is -0.477 e. The average Bonchev–Trinajstić information content (AvgIpc) is 2.64. The Morgan fingerprint density at radius 3 is 1.92 bits per heavy atom. The molecule has 6 nitrogen and oxygen atoms in total. The summed E-state index contributed by atoms with van der Waals surface area (Å²) in [6.07, 6.45) is 0.614. The van der Waals surface area contributed by atoms with E-state index >= 15 is 0 Å². The van der Waals surface area contributed by atoms with Crippen molar-refractivity contribution in [2.24, 2.45) is 0 Å². The minimum atomic E-state index is -1.22. The molecule has 6 heteroatoms. The molecule has 2 aromatic carbocycles. The number of ether oxygens (including phenoxy) is 1. The second-order valence-corrected chi connectivity index (χ2v) is 5.04. The number of benzene rings is 2. The number of anilines is 2. The molecule has 0 radical (unpaired) electrons. The van der Waals surface area contributed by atoms with Crippen LogP contribution in [0.1, 0.15) is 10.4 Å². The van der Waals surface area contributed by atoms with E-state index < -0.39 is 12.1 Å². The molecule has 1 N–H and O–H groups in total. The van der Waals surface area contributed by atoms with Crippen LogP contribution in [-0.4, -0.2) is 22.2 Å². The smallest absolute Gasteiger partial charge is 0.425 e. The van der Waals surface area contributed by atoms with Crippen molar-refractivity contribution >= 4 is 23.4 Å². The van der Waals surface area contributed by atoms with Gasteiger partial charge in [0, 0.05) is 6.20 Å². The summed E-state index contributed by atoms with van der Waals surface area (Å²) in [5, 5.41) is 9.21. The fourth-order valence-corrected chi connectivity index (χ4v) is 2.28. The maximum absolute atomic E-state index is 12.8. The fourth-order valence-electron chi connectivity index (χ4n) is 2.28. The molecule has 124 valence electrons. The van der Waals surface area contributed by atoms with Gasteiger partial charge in [-0.05, 0) is 36.4 Å². The Morgan fingerprint density at radius 1 is 0.840 bits per heavy atom. The largest absolute Gasteiger partial charge is 0.477 e. The van der Waals surface area contributed by atoms with E-state index in [1.807, 2.05) is 12.1 Å². The van der Waals surface area contributed by atoms with Crippen molar-refractivity contribution in [3.63, 3.8) is 0 Å². The predicted octanol–water partition coefficient (Wildman–Crippen LogP) is 4.12. The summed E-state index contributed by atoms with van der Waals surface area (Å²) in [6.45, 7) is 0. The number of para-hydroxylation sites is 2. The summed E-state index contributed by atoms with van der Waals surface area (Å²) in [6, 6.07) is 20.7. The van der Waals surface area contributed by atoms with E-state index in [1.165, 1.54) is 23.2 Å². The molecule has 1 aromatic heterocycles. The first-order chi connectivity index (χ1) is 12.2. The molecule has 0 atom stereocenters. The van der Waals surface area contributed by atoms with Crippen molar-refractivity contribution in [2.75, 3.05) is 4.90 Å². The Hall–Kier alpha value is -3.67. The highest BCUT2D eigenvalue weighted by Crippen LogP contribution is 2.27. The van der Waals surface area contributed by atoms with Gasteiger partial charge in [-0.25, -0.2) is 19.5 Å². The quantitative estimate of drug-likeness (QED) is 0.776. The highest BCUT2D eigenvalue weighted by molar-refractivity contribution is 5.98. The summed E-state index contributed by atoms with van der Waals surface area (Å²) >= 11 is 0. The Morgan fingerprint density at radius 2 is 1.40 bits per heavy atom. The summed E-state index contributed by atoms with van der Waals surface area (Å²) in [7, 11) is 0. The van der Waals surface area contributed by atoms with Crippen LogP contribution < -0.4 is 9.64 Å². The lowest BCUT2D eigenvalue weighted by atomic mass is 10.2. The Kier molecular flexibility index (Phi) is 4.71. The van der Waals surface area contributed by atoms with E-state index in [1.54, 1.807) is 48.5 Å². The van der Waals surface area contributed by atoms with Crippen molar-refractivity contribution in [1.82, 2.24) is 4.98 Å². The van der Waals surface area contributed by atoms with Gasteiger partial charge in [0.1, 0.15) is 5.56 Å². The van der Waals surface area contributed by atoms with Gasteiger partial charge in [-0.15, -0.1) is 0 Å². The standard InChI is InChI=1S/C19H14N2O4/c22-18(23)16-12-7-13-20-17(16)25-19(24)21(14-8-3-1-4-9-14)15-10-5-2-6-11-15/h1-13H,(H,22,23). The molecule has 0 unspecified atom stereocenters. The van der Waals surface area contributed by atoms with E-state index in [4.69, 9.17) is 4.74 Å². The number of carboxylic acids is 1. The third-order valence-electron chi connectivity index (χ3n) is 3.40. The van der Waals surface area contributed by atoms with Crippen molar-refractivity contribution in [1.29, 1.82) is 0 Å². The van der Waals surface area contributed by atoms with Gasteiger partial charge in [0.15, 0.2) is 0 Å². The zero-order valence-electron chi connectivity index (χ0n) is 13.1. The molecule has 25 heavy (non-hydrogen) atoms. The highest BCUT2D eigenvalue weighted by Gasteiger charge is 2.23. The monoisotopic (exact) mass is 334 g/mol. The molecule has 0 saturated carbocycles. The molecule has 0 aliphatic carbocycles. The lowest BCUT2D eigenvalue weighted by Gasteiger charge is -2.22. The molecule has 0 fully saturated rings. The second kappa shape index (κ2) is 7.27. The van der Waals surface area contributed by atoms with Crippen molar-refractivity contribution < 1.29 is 19.4 Å². The summed E-state index contributed by atoms with van der Waals surface area (Å²) in [4.78, 5) is 29.2. The van der Waals surface area contributed by atoms with Gasteiger partial charge in [0.05, 0.1) is 11.4 Å². The van der Waals surface area contributed by atoms with Gasteiger partial charge >= 0.3 is 12.1 Å². The Labute approximate surface area is 143 Å². The molecule has 0 aliphatic heterocycles. The molecule has 0 saturated heterocycles. The van der Waals surface area contributed by atoms with Crippen LogP contribution >= 0.6 is 0 Å². The predicted molar refractivity (Wildman–Crippen MR) is 92.2 cm³/mol. The van der Waals surface area contributed by atoms with Gasteiger partial charge in [-0.1, -0.05) is 36.4 Å². The second-order valence-electron chi connectivity index (χ2n) is 5.04. The number of pyridine rings is 1. The molecule has 1 amide bonds. The number of aromatic nitrogens is 1. The maximum Gasteiger partial charge on any atom is 0.425 e. The minimum absolute atomic E-state index is 0.183. The van der Waals surface area contributed by atoms with Crippen LogP contribution in [0.4, 0.5) is 16.2 Å². The summed E-state index contributed by atoms with van der Waals surface area (Å²) in [5.41, 5.74) is 0.995. The van der Waals surface area contributed by atoms with Crippen LogP contribution in [0.25, 0.3) is 0 Å². The van der Waals surface area contributed by atoms with E-state index in [0.717, 1.165) is 0 Å². The molecule has 0 bridgehead atoms. The van der Waals surface area contributed by atoms with Crippen LogP contribution in [0.5, 0.6) is 5.88 Å². The number of carbonyl (C=O) groups is 2. The van der Waals surface area contributed by atoms with Gasteiger partial charge in [-0.3, -0.25) is 0 Å². The van der Waals surface area contributed by atoms with E-state index in [9.17, 15) is 14.7 Å². The third kappa shape index (κ3) is 3.64. The number of hydrogen-bond acceptors (Lipinski definition) is 4. The van der Waals surface area contributed by atoms with Crippen LogP contribution in [-0.2, 0) is 0 Å². The number of carbonyl (C=O) groups excluding carboxylic acids is 1. The van der Waals surface area contributed by atoms with Crippen LogP contribution in [0.15, 0.2) is 79.0 Å². The molecule has 0 spiro atoms. The Balaban J connectivity index is 1.98. The number of carboxylic acid groups (broad SMARTS) is 1. The number of nitrogens with zero attached hydrogens (tertiary/aromatic N) is 2. The topological polar surface area (TPSA) is 79.7 Å². The maximum atomic E-state index is 12.8. The number of aromatic carboxylic acids is 1. The lowest BCUT2D eigenvalue weighted by molar-refractivity contribution is 0.0693. The van der Waals surface area contributed by atoms with Crippen molar-refractivity contribution in [3.8, 4) is 5.88 Å². The SMILES string of the molecule is O=C(O)c1cccnc1OC(=O)N(c1ccccc1)c1ccccc1. The highest BCUT2D eigenvalue weighted by atomic mass is 16.6. The van der Waals surface area contributed by atoms with Crippen LogP contribution in [0.2, 0.25) is 0 Å². The van der Waals surface area contributed by atoms with E-state index in [0.29, 0.717) is 11.4 Å². The number of hydrogen-bond donors (Lipinski definition) is 1. The fraction of sp³-hybridized carbons (Fsp3) is 0. The first-order valence-corrected chi connectivity index (χ1v) is 7.47. The molecule has 3 aromatic rings. The Bertz CT molecular complexity index is 843. The lowest BCUT2D eigenvalue weighted by Crippen LogP contribution is -2.29. The zero-order chi connectivity index (χ0) is 17.6. The molecule has 3 rings (SSSR count). The third-order valence-corrected chi connectivity index (χ3v) is 3.40. The van der Waals surface area contributed by atoms with Crippen molar-refractivity contribution in [3.05, 3.63) is 84.6 Å². The molecule has 1 heterocycles. The van der Waals surface area contributed by atoms with E-state index in [-0.39, 0.29) is 11.4 Å². The van der Waals surface area contributed by atoms with Gasteiger partial charge in [0.25, 0.3) is 0 Å². The van der Waals surface area contributed by atoms with Crippen molar-refractivity contribution in [2.45, 2.75) is 0 Å². The first kappa shape index (κ1) is 16.2. The molecular formula is C19H14N2O4. The van der Waals surface area contributed by atoms with Gasteiger partial charge < -0.3 is 9.84 Å². The molecule has 0 aliphatic rings. The van der Waals surface area contributed by atoms with Crippen LogP contribution in [0, 0.1) is 0 Å². The van der Waals surface area contributed by atoms with Crippen LogP contribution in [0.3, 0.4) is 0 Å². The number of rotatable bonds is 4. The summed E-state index contributed by atoms with van der Waals surface area (Å²) in [5.74, 6) is -1.47. The average molecular weight is 334 g/mol.